The molecule has 114 valence electrons. The Bertz CT molecular complexity index is 888. The molecule has 0 unspecified atom stereocenters. The van der Waals surface area contributed by atoms with Crippen molar-refractivity contribution < 1.29 is 13.9 Å². The Morgan fingerprint density at radius 1 is 1.41 bits per heavy atom. The first kappa shape index (κ1) is 14.1. The third-order valence-corrected chi connectivity index (χ3v) is 3.41. The number of hydrogen-bond donors (Lipinski definition) is 0. The maximum absolute atomic E-state index is 12.3. The Labute approximate surface area is 125 Å². The molecule has 3 aromatic heterocycles. The van der Waals surface area contributed by atoms with E-state index in [1.165, 1.54) is 16.2 Å². The number of aryl methyl sites for hydroxylation is 1. The van der Waals surface area contributed by atoms with Gasteiger partial charge in [-0.1, -0.05) is 13.0 Å². The smallest absolute Gasteiger partial charge is 0.373 e. The Morgan fingerprint density at radius 3 is 2.91 bits per heavy atom. The van der Waals surface area contributed by atoms with E-state index in [1.54, 1.807) is 24.4 Å². The Balaban J connectivity index is 2.01. The van der Waals surface area contributed by atoms with Gasteiger partial charge < -0.3 is 9.15 Å². The summed E-state index contributed by atoms with van der Waals surface area (Å²) in [5.41, 5.74) is 1.08. The number of hydrogen-bond acceptors (Lipinski definition) is 5. The van der Waals surface area contributed by atoms with Crippen LogP contribution in [0, 0.1) is 0 Å². The highest BCUT2D eigenvalue weighted by Crippen LogP contribution is 2.18. The zero-order chi connectivity index (χ0) is 15.7. The second-order valence-corrected chi connectivity index (χ2v) is 4.77. The van der Waals surface area contributed by atoms with E-state index in [0.29, 0.717) is 17.8 Å². The van der Waals surface area contributed by atoms with Gasteiger partial charge in [0.25, 0.3) is 0 Å². The van der Waals surface area contributed by atoms with Gasteiger partial charge in [0.05, 0.1) is 13.7 Å². The van der Waals surface area contributed by atoms with Crippen LogP contribution in [0.15, 0.2) is 39.7 Å². The largest absolute Gasteiger partial charge is 0.463 e. The molecular weight excluding hydrogens is 286 g/mol. The fourth-order valence-electron chi connectivity index (χ4n) is 2.33. The molecule has 0 bridgehead atoms. The number of pyridine rings is 1. The van der Waals surface area contributed by atoms with Gasteiger partial charge in [-0.25, -0.2) is 14.3 Å². The summed E-state index contributed by atoms with van der Waals surface area (Å²) in [5.74, 6) is 0.235. The van der Waals surface area contributed by atoms with E-state index in [9.17, 15) is 9.59 Å². The molecule has 3 aromatic rings. The summed E-state index contributed by atoms with van der Waals surface area (Å²) in [6.07, 6.45) is 2.27. The number of nitrogens with zero attached hydrogens (tertiary/aromatic N) is 3. The van der Waals surface area contributed by atoms with Crippen LogP contribution < -0.4 is 5.69 Å². The molecule has 0 radical (unpaired) electrons. The molecule has 0 atom stereocenters. The van der Waals surface area contributed by atoms with Gasteiger partial charge in [-0.05, 0) is 18.2 Å². The lowest BCUT2D eigenvalue weighted by Crippen LogP contribution is -2.21. The molecule has 3 rings (SSSR count). The van der Waals surface area contributed by atoms with Crippen LogP contribution in [0.3, 0.4) is 0 Å². The minimum absolute atomic E-state index is 0.131. The third-order valence-electron chi connectivity index (χ3n) is 3.41. The topological polar surface area (TPSA) is 78.7 Å². The molecule has 0 saturated carbocycles. The lowest BCUT2D eigenvalue weighted by atomic mass is 10.2. The fraction of sp³-hybridized carbons (Fsp3) is 0.267. The number of methoxy groups -OCH3 is 1. The Morgan fingerprint density at radius 2 is 2.23 bits per heavy atom. The lowest BCUT2D eigenvalue weighted by Gasteiger charge is -1.98. The van der Waals surface area contributed by atoms with Crippen molar-refractivity contribution in [3.05, 3.63) is 58.0 Å². The molecule has 0 spiro atoms. The summed E-state index contributed by atoms with van der Waals surface area (Å²) in [4.78, 5) is 23.8. The number of furan rings is 1. The predicted molar refractivity (Wildman–Crippen MR) is 78.0 cm³/mol. The van der Waals surface area contributed by atoms with Crippen LogP contribution >= 0.6 is 0 Å². The van der Waals surface area contributed by atoms with Gasteiger partial charge in [-0.2, -0.15) is 0 Å². The fourth-order valence-corrected chi connectivity index (χ4v) is 2.33. The second-order valence-electron chi connectivity index (χ2n) is 4.77. The van der Waals surface area contributed by atoms with Crippen molar-refractivity contribution in [2.75, 3.05) is 7.11 Å². The predicted octanol–water partition coefficient (Wildman–Crippen LogP) is 1.49. The molecule has 3 heterocycles. The average Bonchev–Trinajstić information content (AvgIpc) is 3.09. The molecule has 0 N–H and O–H groups in total. The average molecular weight is 301 g/mol. The lowest BCUT2D eigenvalue weighted by molar-refractivity contribution is 0.0563. The molecule has 0 aliphatic rings. The second kappa shape index (κ2) is 5.51. The minimum Gasteiger partial charge on any atom is -0.463 e. The first-order valence-electron chi connectivity index (χ1n) is 6.88. The van der Waals surface area contributed by atoms with Gasteiger partial charge in [0.2, 0.25) is 5.76 Å². The van der Waals surface area contributed by atoms with E-state index in [2.05, 4.69) is 9.84 Å². The highest BCUT2D eigenvalue weighted by atomic mass is 16.5. The van der Waals surface area contributed by atoms with Crippen molar-refractivity contribution in [3.8, 4) is 0 Å². The molecule has 0 amide bonds. The Hall–Kier alpha value is -2.83. The van der Waals surface area contributed by atoms with Crippen molar-refractivity contribution in [1.82, 2.24) is 14.2 Å². The van der Waals surface area contributed by atoms with Crippen LogP contribution in [0.1, 0.15) is 28.8 Å². The number of rotatable bonds is 4. The van der Waals surface area contributed by atoms with Crippen LogP contribution in [-0.2, 0) is 17.7 Å². The van der Waals surface area contributed by atoms with E-state index in [-0.39, 0.29) is 18.0 Å². The monoisotopic (exact) mass is 301 g/mol. The maximum atomic E-state index is 12.3. The van der Waals surface area contributed by atoms with Gasteiger partial charge in [-0.3, -0.25) is 4.40 Å². The molecule has 0 aliphatic carbocycles. The van der Waals surface area contributed by atoms with Gasteiger partial charge in [0.15, 0.2) is 5.65 Å². The first-order valence-corrected chi connectivity index (χ1v) is 6.88. The van der Waals surface area contributed by atoms with E-state index < -0.39 is 5.97 Å². The van der Waals surface area contributed by atoms with Crippen molar-refractivity contribution in [1.29, 1.82) is 0 Å². The van der Waals surface area contributed by atoms with Crippen LogP contribution in [0.2, 0.25) is 0 Å². The van der Waals surface area contributed by atoms with Gasteiger partial charge in [0.1, 0.15) is 5.76 Å². The summed E-state index contributed by atoms with van der Waals surface area (Å²) in [6, 6.07) is 6.94. The van der Waals surface area contributed by atoms with Crippen LogP contribution in [0.5, 0.6) is 0 Å². The van der Waals surface area contributed by atoms with Crippen LogP contribution in [0.25, 0.3) is 5.65 Å². The zero-order valence-corrected chi connectivity index (χ0v) is 12.3. The normalized spacial score (nSPS) is 11.0. The molecule has 0 fully saturated rings. The summed E-state index contributed by atoms with van der Waals surface area (Å²) in [5, 5.41) is 4.27. The summed E-state index contributed by atoms with van der Waals surface area (Å²) < 4.78 is 12.9. The molecular formula is C15H15N3O4. The van der Waals surface area contributed by atoms with Crippen molar-refractivity contribution in [2.45, 2.75) is 19.9 Å². The van der Waals surface area contributed by atoms with E-state index in [0.717, 1.165) is 5.56 Å². The Kier molecular flexibility index (Phi) is 3.54. The molecule has 0 aromatic carbocycles. The van der Waals surface area contributed by atoms with Gasteiger partial charge >= 0.3 is 11.7 Å². The van der Waals surface area contributed by atoms with Gasteiger partial charge in [0, 0.05) is 18.2 Å². The van der Waals surface area contributed by atoms with E-state index in [4.69, 9.17) is 4.42 Å². The first-order chi connectivity index (χ1) is 10.6. The third kappa shape index (κ3) is 2.30. The number of fused-ring (bicyclic) bond motifs is 1. The highest BCUT2D eigenvalue weighted by molar-refractivity contribution is 5.86. The summed E-state index contributed by atoms with van der Waals surface area (Å²) in [7, 11) is 1.29. The molecule has 7 nitrogen and oxygen atoms in total. The van der Waals surface area contributed by atoms with E-state index >= 15 is 0 Å². The van der Waals surface area contributed by atoms with Gasteiger partial charge in [-0.15, -0.1) is 5.10 Å². The number of aromatic nitrogens is 3. The zero-order valence-electron chi connectivity index (χ0n) is 12.3. The SMILES string of the molecule is CCc1oc(C(=O)OC)cc1Cn1nc2ccccn2c1=O. The van der Waals surface area contributed by atoms with Crippen molar-refractivity contribution in [2.24, 2.45) is 0 Å². The number of carbonyl (C=O) groups excluding carboxylic acids is 1. The number of ether oxygens (including phenoxy) is 1. The molecule has 0 saturated heterocycles. The standard InChI is InChI=1S/C15H15N3O4/c1-3-11-10(8-12(22-11)14(19)21-2)9-18-15(20)17-7-5-4-6-13(17)16-18/h4-8H,3,9H2,1-2H3. The van der Waals surface area contributed by atoms with Crippen LogP contribution in [0.4, 0.5) is 0 Å². The van der Waals surface area contributed by atoms with E-state index in [1.807, 2.05) is 13.0 Å². The highest BCUT2D eigenvalue weighted by Gasteiger charge is 2.17. The minimum atomic E-state index is -0.539. The molecule has 0 aliphatic heterocycles. The quantitative estimate of drug-likeness (QED) is 0.682. The maximum Gasteiger partial charge on any atom is 0.373 e. The van der Waals surface area contributed by atoms with Crippen molar-refractivity contribution >= 4 is 11.6 Å². The number of esters is 1. The molecule has 22 heavy (non-hydrogen) atoms. The van der Waals surface area contributed by atoms with Crippen molar-refractivity contribution in [3.63, 3.8) is 0 Å². The summed E-state index contributed by atoms with van der Waals surface area (Å²) in [6.45, 7) is 2.15. The summed E-state index contributed by atoms with van der Waals surface area (Å²) >= 11 is 0. The molecule has 7 heteroatoms. The van der Waals surface area contributed by atoms with Crippen LogP contribution in [-0.4, -0.2) is 27.3 Å². The number of carbonyl (C=O) groups is 1.